The molecule has 4 rings (SSSR count). The Morgan fingerprint density at radius 2 is 1.66 bits per heavy atom. The molecule has 0 fully saturated rings. The molecule has 2 aromatic heterocycles. The van der Waals surface area contributed by atoms with Crippen LogP contribution >= 0.6 is 0 Å². The molecule has 4 aromatic rings. The van der Waals surface area contributed by atoms with Crippen LogP contribution < -0.4 is 0 Å². The molecule has 0 saturated heterocycles. The van der Waals surface area contributed by atoms with Crippen molar-refractivity contribution in [1.29, 1.82) is 0 Å². The number of nitrogens with one attached hydrogen (secondary N) is 1. The smallest absolute Gasteiger partial charge is 0.204 e. The lowest BCUT2D eigenvalue weighted by Gasteiger charge is -2.08. The first-order valence-electron chi connectivity index (χ1n) is 11.6. The molecule has 0 aliphatic heterocycles. The number of hydrogen-bond acceptors (Lipinski definition) is 5. The monoisotopic (exact) mass is 429 g/mol. The van der Waals surface area contributed by atoms with Gasteiger partial charge in [0.2, 0.25) is 5.82 Å². The molecule has 0 bridgehead atoms. The van der Waals surface area contributed by atoms with Crippen molar-refractivity contribution in [3.8, 4) is 11.4 Å². The predicted molar refractivity (Wildman–Crippen MR) is 125 cm³/mol. The van der Waals surface area contributed by atoms with Gasteiger partial charge < -0.3 is 0 Å². The fourth-order valence-electron chi connectivity index (χ4n) is 3.79. The molecule has 7 heteroatoms. The Hall–Kier alpha value is -3.35. The maximum Gasteiger partial charge on any atom is 0.204 e. The van der Waals surface area contributed by atoms with Gasteiger partial charge in [-0.15, -0.1) is 10.2 Å². The summed E-state index contributed by atoms with van der Waals surface area (Å²) in [6.07, 6.45) is 7.43. The van der Waals surface area contributed by atoms with Gasteiger partial charge in [-0.2, -0.15) is 10.3 Å². The number of nitrogens with zero attached hydrogens (tertiary/aromatic N) is 6. The maximum absolute atomic E-state index is 4.82. The molecule has 1 N–H and O–H groups in total. The Balaban J connectivity index is 1.44. The van der Waals surface area contributed by atoms with Crippen molar-refractivity contribution in [2.45, 2.75) is 65.3 Å². The van der Waals surface area contributed by atoms with Crippen LogP contribution in [0.2, 0.25) is 0 Å². The van der Waals surface area contributed by atoms with Crippen molar-refractivity contribution in [3.63, 3.8) is 0 Å². The third kappa shape index (κ3) is 5.66. The Morgan fingerprint density at radius 3 is 2.41 bits per heavy atom. The van der Waals surface area contributed by atoms with E-state index in [0.29, 0.717) is 5.82 Å². The first-order valence-corrected chi connectivity index (χ1v) is 11.6. The van der Waals surface area contributed by atoms with E-state index in [1.807, 2.05) is 12.1 Å². The molecule has 0 aliphatic carbocycles. The number of rotatable bonds is 11. The second-order valence-electron chi connectivity index (χ2n) is 8.24. The summed E-state index contributed by atoms with van der Waals surface area (Å²) in [7, 11) is 0. The van der Waals surface area contributed by atoms with Gasteiger partial charge in [0.25, 0.3) is 0 Å². The van der Waals surface area contributed by atoms with Crippen molar-refractivity contribution in [2.24, 2.45) is 0 Å². The normalized spacial score (nSPS) is 11.2. The Morgan fingerprint density at radius 1 is 0.875 bits per heavy atom. The minimum Gasteiger partial charge on any atom is -0.245 e. The van der Waals surface area contributed by atoms with Crippen LogP contribution in [0.25, 0.3) is 11.4 Å². The van der Waals surface area contributed by atoms with Gasteiger partial charge in [-0.05, 0) is 47.2 Å². The fraction of sp³-hybridized carbons (Fsp3) is 0.400. The van der Waals surface area contributed by atoms with Gasteiger partial charge in [0, 0.05) is 18.4 Å². The van der Waals surface area contributed by atoms with Crippen LogP contribution in [-0.2, 0) is 25.8 Å². The number of benzene rings is 2. The highest BCUT2D eigenvalue weighted by atomic mass is 15.5. The molecular weight excluding hydrogens is 398 g/mol. The average molecular weight is 430 g/mol. The minimum atomic E-state index is 0.618. The fourth-order valence-corrected chi connectivity index (χ4v) is 3.79. The van der Waals surface area contributed by atoms with E-state index in [2.05, 4.69) is 75.6 Å². The van der Waals surface area contributed by atoms with Gasteiger partial charge in [0.05, 0.1) is 6.54 Å². The number of H-pyrrole nitrogens is 1. The molecule has 0 atom stereocenters. The van der Waals surface area contributed by atoms with Gasteiger partial charge in [-0.3, -0.25) is 0 Å². The van der Waals surface area contributed by atoms with E-state index < -0.39 is 0 Å². The minimum absolute atomic E-state index is 0.618. The third-order valence-electron chi connectivity index (χ3n) is 5.59. The first-order chi connectivity index (χ1) is 15.7. The lowest BCUT2D eigenvalue weighted by atomic mass is 10.0. The Bertz CT molecular complexity index is 1100. The van der Waals surface area contributed by atoms with E-state index >= 15 is 0 Å². The summed E-state index contributed by atoms with van der Waals surface area (Å²) in [5.74, 6) is 2.71. The third-order valence-corrected chi connectivity index (χ3v) is 5.59. The van der Waals surface area contributed by atoms with E-state index in [-0.39, 0.29) is 0 Å². The summed E-state index contributed by atoms with van der Waals surface area (Å²) in [5, 5.41) is 19.1. The van der Waals surface area contributed by atoms with Crippen molar-refractivity contribution < 1.29 is 0 Å². The molecule has 0 saturated carbocycles. The van der Waals surface area contributed by atoms with Gasteiger partial charge in [-0.1, -0.05) is 69.2 Å². The van der Waals surface area contributed by atoms with Crippen LogP contribution in [0.15, 0.2) is 48.5 Å². The zero-order chi connectivity index (χ0) is 22.2. The Kier molecular flexibility index (Phi) is 7.38. The topological polar surface area (TPSA) is 85.2 Å². The van der Waals surface area contributed by atoms with Crippen molar-refractivity contribution in [1.82, 2.24) is 35.4 Å². The molecule has 166 valence electrons. The zero-order valence-corrected chi connectivity index (χ0v) is 19.0. The number of aromatic nitrogens is 7. The largest absolute Gasteiger partial charge is 0.245 e. The van der Waals surface area contributed by atoms with Crippen LogP contribution in [-0.4, -0.2) is 35.4 Å². The summed E-state index contributed by atoms with van der Waals surface area (Å²) in [5.41, 5.74) is 4.71. The second-order valence-corrected chi connectivity index (χ2v) is 8.24. The molecular formula is C25H31N7. The lowest BCUT2D eigenvalue weighted by molar-refractivity contribution is 0.612. The SMILES string of the molecule is CCCCc1nc(CCCC)n(Cc2ccc(Cc3cccc(-c4nn[nH]n4)c3)cc2)n1. The molecule has 0 unspecified atom stereocenters. The molecule has 2 aromatic carbocycles. The molecule has 0 amide bonds. The number of aromatic amines is 1. The second kappa shape index (κ2) is 10.8. The lowest BCUT2D eigenvalue weighted by Crippen LogP contribution is -2.07. The van der Waals surface area contributed by atoms with E-state index in [4.69, 9.17) is 10.1 Å². The van der Waals surface area contributed by atoms with Crippen LogP contribution in [0.3, 0.4) is 0 Å². The number of aryl methyl sites for hydroxylation is 2. The summed E-state index contributed by atoms with van der Waals surface area (Å²) in [4.78, 5) is 4.82. The maximum atomic E-state index is 4.82. The van der Waals surface area contributed by atoms with Crippen molar-refractivity contribution in [2.75, 3.05) is 0 Å². The summed E-state index contributed by atoms with van der Waals surface area (Å²) in [6, 6.07) is 17.1. The highest BCUT2D eigenvalue weighted by molar-refractivity contribution is 5.55. The van der Waals surface area contributed by atoms with Crippen LogP contribution in [0.1, 0.15) is 67.9 Å². The first kappa shape index (κ1) is 21.9. The summed E-state index contributed by atoms with van der Waals surface area (Å²) in [6.45, 7) is 5.19. The van der Waals surface area contributed by atoms with E-state index in [1.165, 1.54) is 23.1 Å². The van der Waals surface area contributed by atoms with Crippen molar-refractivity contribution >= 4 is 0 Å². The van der Waals surface area contributed by atoms with E-state index in [0.717, 1.165) is 62.3 Å². The highest BCUT2D eigenvalue weighted by Crippen LogP contribution is 2.18. The van der Waals surface area contributed by atoms with Gasteiger partial charge in [0.1, 0.15) is 5.82 Å². The highest BCUT2D eigenvalue weighted by Gasteiger charge is 2.10. The average Bonchev–Trinajstić information content (AvgIpc) is 3.48. The van der Waals surface area contributed by atoms with Crippen molar-refractivity contribution in [3.05, 3.63) is 76.9 Å². The van der Waals surface area contributed by atoms with Gasteiger partial charge in [-0.25, -0.2) is 9.67 Å². The molecule has 0 aliphatic rings. The molecule has 0 spiro atoms. The number of hydrogen-bond donors (Lipinski definition) is 1. The van der Waals surface area contributed by atoms with Crippen LogP contribution in [0, 0.1) is 0 Å². The number of unbranched alkanes of at least 4 members (excludes halogenated alkanes) is 2. The van der Waals surface area contributed by atoms with Crippen LogP contribution in [0.4, 0.5) is 0 Å². The molecule has 0 radical (unpaired) electrons. The summed E-state index contributed by atoms with van der Waals surface area (Å²) < 4.78 is 2.10. The number of tetrazole rings is 1. The zero-order valence-electron chi connectivity index (χ0n) is 19.0. The van der Waals surface area contributed by atoms with Gasteiger partial charge >= 0.3 is 0 Å². The summed E-state index contributed by atoms with van der Waals surface area (Å²) >= 11 is 0. The molecule has 32 heavy (non-hydrogen) atoms. The molecule has 7 nitrogen and oxygen atoms in total. The van der Waals surface area contributed by atoms with E-state index in [9.17, 15) is 0 Å². The molecule has 2 heterocycles. The van der Waals surface area contributed by atoms with Crippen LogP contribution in [0.5, 0.6) is 0 Å². The predicted octanol–water partition coefficient (Wildman–Crippen LogP) is 4.78. The van der Waals surface area contributed by atoms with E-state index in [1.54, 1.807) is 0 Å². The quantitative estimate of drug-likeness (QED) is 0.371. The Labute approximate surface area is 189 Å². The van der Waals surface area contributed by atoms with Gasteiger partial charge in [0.15, 0.2) is 5.82 Å². The standard InChI is InChI=1S/C25H31N7/c1-3-5-10-23-26-24(11-6-4-2)32(29-23)18-20-14-12-19(13-15-20)16-21-8-7-9-22(17-21)25-27-30-31-28-25/h7-9,12-15,17H,3-6,10-11,16,18H2,1-2H3,(H,27,28,30,31).